The molecule has 3 atom stereocenters. The van der Waals surface area contributed by atoms with Crippen molar-refractivity contribution in [2.75, 3.05) is 6.54 Å². The molecule has 17 heavy (non-hydrogen) atoms. The maximum atomic E-state index is 12.3. The Morgan fingerprint density at radius 1 is 1.41 bits per heavy atom. The van der Waals surface area contributed by atoms with Crippen LogP contribution in [-0.2, 0) is 4.79 Å². The number of carbonyl (C=O) groups excluding carboxylic acids is 1. The van der Waals surface area contributed by atoms with Crippen molar-refractivity contribution >= 4 is 5.91 Å². The predicted octanol–water partition coefficient (Wildman–Crippen LogP) is 2.06. The van der Waals surface area contributed by atoms with Gasteiger partial charge in [0.2, 0.25) is 5.91 Å². The molecule has 2 aliphatic rings. The van der Waals surface area contributed by atoms with Gasteiger partial charge in [0.25, 0.3) is 0 Å². The number of nitrogens with one attached hydrogen (secondary N) is 1. The van der Waals surface area contributed by atoms with Crippen molar-refractivity contribution < 1.29 is 4.79 Å². The number of amides is 1. The van der Waals surface area contributed by atoms with E-state index in [-0.39, 0.29) is 11.3 Å². The van der Waals surface area contributed by atoms with Crippen LogP contribution >= 0.6 is 0 Å². The molecule has 0 aliphatic heterocycles. The van der Waals surface area contributed by atoms with Crippen molar-refractivity contribution in [2.45, 2.75) is 58.4 Å². The fraction of sp³-hybridized carbons (Fsp3) is 0.929. The highest BCUT2D eigenvalue weighted by molar-refractivity contribution is 5.84. The Bertz CT molecular complexity index is 280. The van der Waals surface area contributed by atoms with Gasteiger partial charge in [0.1, 0.15) is 0 Å². The van der Waals surface area contributed by atoms with Gasteiger partial charge in [-0.15, -0.1) is 0 Å². The van der Waals surface area contributed by atoms with Crippen molar-refractivity contribution in [3.63, 3.8) is 0 Å². The molecule has 0 spiro atoms. The highest BCUT2D eigenvalue weighted by Crippen LogP contribution is 2.41. The molecular formula is C14H26N2O. The Hall–Kier alpha value is -0.570. The zero-order valence-electron chi connectivity index (χ0n) is 11.2. The number of rotatable bonds is 4. The van der Waals surface area contributed by atoms with Gasteiger partial charge in [0.05, 0.1) is 5.41 Å². The first-order valence-corrected chi connectivity index (χ1v) is 7.14. The molecule has 1 amide bonds. The lowest BCUT2D eigenvalue weighted by Gasteiger charge is -2.40. The molecule has 3 nitrogen and oxygen atoms in total. The van der Waals surface area contributed by atoms with Crippen LogP contribution in [0.15, 0.2) is 0 Å². The van der Waals surface area contributed by atoms with Crippen LogP contribution in [-0.4, -0.2) is 18.5 Å². The Morgan fingerprint density at radius 3 is 2.53 bits per heavy atom. The molecule has 3 N–H and O–H groups in total. The molecule has 0 heterocycles. The molecule has 3 heteroatoms. The van der Waals surface area contributed by atoms with Crippen LogP contribution in [0.5, 0.6) is 0 Å². The van der Waals surface area contributed by atoms with Gasteiger partial charge in [-0.05, 0) is 37.5 Å². The minimum absolute atomic E-state index is 0.218. The van der Waals surface area contributed by atoms with E-state index in [1.54, 1.807) is 0 Å². The lowest BCUT2D eigenvalue weighted by molar-refractivity contribution is -0.136. The molecule has 2 aliphatic carbocycles. The van der Waals surface area contributed by atoms with E-state index in [1.165, 1.54) is 12.8 Å². The van der Waals surface area contributed by atoms with E-state index in [0.29, 0.717) is 18.5 Å². The Kier molecular flexibility index (Phi) is 3.76. The van der Waals surface area contributed by atoms with Gasteiger partial charge in [-0.3, -0.25) is 4.79 Å². The summed E-state index contributed by atoms with van der Waals surface area (Å²) < 4.78 is 0. The molecule has 98 valence electrons. The van der Waals surface area contributed by atoms with Crippen LogP contribution in [0.3, 0.4) is 0 Å². The predicted molar refractivity (Wildman–Crippen MR) is 69.4 cm³/mol. The summed E-state index contributed by atoms with van der Waals surface area (Å²) in [6, 6.07) is 0.386. The molecule has 0 aromatic carbocycles. The lowest BCUT2D eigenvalue weighted by atomic mass is 9.68. The summed E-state index contributed by atoms with van der Waals surface area (Å²) in [6.07, 6.45) is 6.75. The molecule has 0 radical (unpaired) electrons. The summed E-state index contributed by atoms with van der Waals surface area (Å²) in [6.45, 7) is 5.04. The minimum Gasteiger partial charge on any atom is -0.353 e. The second kappa shape index (κ2) is 4.97. The van der Waals surface area contributed by atoms with Gasteiger partial charge in [-0.1, -0.05) is 26.7 Å². The van der Waals surface area contributed by atoms with E-state index in [2.05, 4.69) is 19.2 Å². The Morgan fingerprint density at radius 2 is 2.12 bits per heavy atom. The SMILES string of the molecule is CCC1CCC(NC(=O)C2(CN)CCC2)C1C. The lowest BCUT2D eigenvalue weighted by Crippen LogP contribution is -2.53. The Labute approximate surface area is 105 Å². The number of carbonyl (C=O) groups is 1. The average Bonchev–Trinajstić information content (AvgIpc) is 2.59. The summed E-state index contributed by atoms with van der Waals surface area (Å²) in [5.41, 5.74) is 5.55. The first kappa shape index (κ1) is 12.9. The Balaban J connectivity index is 1.91. The highest BCUT2D eigenvalue weighted by atomic mass is 16.2. The summed E-state index contributed by atoms with van der Waals surface area (Å²) in [7, 11) is 0. The minimum atomic E-state index is -0.218. The topological polar surface area (TPSA) is 55.1 Å². The third kappa shape index (κ3) is 2.22. The summed E-state index contributed by atoms with van der Waals surface area (Å²) in [4.78, 5) is 12.3. The molecule has 2 fully saturated rings. The molecule has 0 bridgehead atoms. The zero-order valence-corrected chi connectivity index (χ0v) is 11.2. The number of hydrogen-bond acceptors (Lipinski definition) is 2. The third-order valence-corrected chi connectivity index (χ3v) is 5.25. The third-order valence-electron chi connectivity index (χ3n) is 5.25. The van der Waals surface area contributed by atoms with Gasteiger partial charge >= 0.3 is 0 Å². The van der Waals surface area contributed by atoms with Gasteiger partial charge in [0.15, 0.2) is 0 Å². The molecule has 0 saturated heterocycles. The van der Waals surface area contributed by atoms with Crippen LogP contribution in [0, 0.1) is 17.3 Å². The van der Waals surface area contributed by atoms with E-state index in [0.717, 1.165) is 31.6 Å². The largest absolute Gasteiger partial charge is 0.353 e. The number of nitrogens with two attached hydrogens (primary N) is 1. The maximum absolute atomic E-state index is 12.3. The molecular weight excluding hydrogens is 212 g/mol. The van der Waals surface area contributed by atoms with E-state index in [9.17, 15) is 4.79 Å². The maximum Gasteiger partial charge on any atom is 0.227 e. The molecule has 0 aromatic heterocycles. The summed E-state index contributed by atoms with van der Waals surface area (Å²) >= 11 is 0. The normalized spacial score (nSPS) is 35.4. The van der Waals surface area contributed by atoms with Crippen LogP contribution in [0.2, 0.25) is 0 Å². The van der Waals surface area contributed by atoms with Gasteiger partial charge in [-0.25, -0.2) is 0 Å². The molecule has 3 unspecified atom stereocenters. The van der Waals surface area contributed by atoms with Crippen LogP contribution in [0.1, 0.15) is 52.4 Å². The van der Waals surface area contributed by atoms with E-state index in [4.69, 9.17) is 5.73 Å². The van der Waals surface area contributed by atoms with Crippen molar-refractivity contribution in [2.24, 2.45) is 23.0 Å². The van der Waals surface area contributed by atoms with Gasteiger partial charge in [-0.2, -0.15) is 0 Å². The highest BCUT2D eigenvalue weighted by Gasteiger charge is 2.44. The van der Waals surface area contributed by atoms with Crippen molar-refractivity contribution in [3.05, 3.63) is 0 Å². The van der Waals surface area contributed by atoms with Crippen LogP contribution in [0.4, 0.5) is 0 Å². The van der Waals surface area contributed by atoms with Crippen LogP contribution in [0.25, 0.3) is 0 Å². The average molecular weight is 238 g/mol. The second-order valence-corrected chi connectivity index (χ2v) is 6.02. The van der Waals surface area contributed by atoms with Crippen molar-refractivity contribution in [1.82, 2.24) is 5.32 Å². The monoisotopic (exact) mass is 238 g/mol. The van der Waals surface area contributed by atoms with Crippen molar-refractivity contribution in [3.8, 4) is 0 Å². The van der Waals surface area contributed by atoms with Gasteiger partial charge in [0, 0.05) is 12.6 Å². The standard InChI is InChI=1S/C14H26N2O/c1-3-11-5-6-12(10(11)2)16-13(17)14(9-15)7-4-8-14/h10-12H,3-9,15H2,1-2H3,(H,16,17). The summed E-state index contributed by atoms with van der Waals surface area (Å²) in [5, 5.41) is 3.27. The fourth-order valence-corrected chi connectivity index (χ4v) is 3.48. The van der Waals surface area contributed by atoms with Crippen LogP contribution < -0.4 is 11.1 Å². The van der Waals surface area contributed by atoms with E-state index >= 15 is 0 Å². The van der Waals surface area contributed by atoms with E-state index < -0.39 is 0 Å². The quantitative estimate of drug-likeness (QED) is 0.787. The molecule has 2 saturated carbocycles. The molecule has 2 rings (SSSR count). The first-order valence-electron chi connectivity index (χ1n) is 7.14. The fourth-order valence-electron chi connectivity index (χ4n) is 3.48. The second-order valence-electron chi connectivity index (χ2n) is 6.02. The zero-order chi connectivity index (χ0) is 12.5. The summed E-state index contributed by atoms with van der Waals surface area (Å²) in [5.74, 6) is 1.63. The smallest absolute Gasteiger partial charge is 0.227 e. The van der Waals surface area contributed by atoms with Gasteiger partial charge < -0.3 is 11.1 Å². The number of hydrogen-bond donors (Lipinski definition) is 2. The molecule has 0 aromatic rings. The first-order chi connectivity index (χ1) is 8.13. The van der Waals surface area contributed by atoms with Crippen molar-refractivity contribution in [1.29, 1.82) is 0 Å². The van der Waals surface area contributed by atoms with E-state index in [1.807, 2.05) is 0 Å².